The van der Waals surface area contributed by atoms with Gasteiger partial charge in [-0.3, -0.25) is 0 Å². The second-order valence-corrected chi connectivity index (χ2v) is 3.44. The number of methoxy groups -OCH3 is 1. The first-order valence-electron chi connectivity index (χ1n) is 4.17. The molecule has 76 valence electrons. The van der Waals surface area contributed by atoms with Crippen LogP contribution >= 0.6 is 11.9 Å². The SMILES string of the molecule is COC(=O)c1ccc(C)c(NSC)c1. The number of carbonyl (C=O) groups is 1. The van der Waals surface area contributed by atoms with Crippen molar-refractivity contribution in [1.29, 1.82) is 0 Å². The normalized spacial score (nSPS) is 9.64. The number of anilines is 1. The number of ether oxygens (including phenoxy) is 1. The molecule has 0 unspecified atom stereocenters. The topological polar surface area (TPSA) is 38.3 Å². The van der Waals surface area contributed by atoms with E-state index >= 15 is 0 Å². The van der Waals surface area contributed by atoms with Crippen molar-refractivity contribution in [3.8, 4) is 0 Å². The van der Waals surface area contributed by atoms with Gasteiger partial charge in [-0.15, -0.1) is 0 Å². The van der Waals surface area contributed by atoms with Crippen molar-refractivity contribution in [1.82, 2.24) is 0 Å². The van der Waals surface area contributed by atoms with Crippen LogP contribution in [0.5, 0.6) is 0 Å². The number of rotatable bonds is 3. The van der Waals surface area contributed by atoms with Crippen molar-refractivity contribution < 1.29 is 9.53 Å². The zero-order valence-electron chi connectivity index (χ0n) is 8.46. The Labute approximate surface area is 88.0 Å². The van der Waals surface area contributed by atoms with Crippen LogP contribution in [0.2, 0.25) is 0 Å². The van der Waals surface area contributed by atoms with Crippen LogP contribution in [0.3, 0.4) is 0 Å². The molecule has 3 nitrogen and oxygen atoms in total. The van der Waals surface area contributed by atoms with Crippen LogP contribution in [0.4, 0.5) is 5.69 Å². The molecule has 0 bridgehead atoms. The van der Waals surface area contributed by atoms with Gasteiger partial charge in [-0.25, -0.2) is 4.79 Å². The molecule has 0 atom stereocenters. The maximum atomic E-state index is 11.2. The van der Waals surface area contributed by atoms with E-state index in [2.05, 4.69) is 9.46 Å². The lowest BCUT2D eigenvalue weighted by atomic mass is 10.1. The van der Waals surface area contributed by atoms with Crippen molar-refractivity contribution >= 4 is 23.6 Å². The van der Waals surface area contributed by atoms with Crippen molar-refractivity contribution in [3.63, 3.8) is 0 Å². The maximum absolute atomic E-state index is 11.2. The largest absolute Gasteiger partial charge is 0.465 e. The molecule has 1 aromatic rings. The van der Waals surface area contributed by atoms with Gasteiger partial charge in [-0.2, -0.15) is 0 Å². The van der Waals surface area contributed by atoms with Crippen LogP contribution in [-0.2, 0) is 4.74 Å². The Bertz CT molecular complexity index is 339. The Hall–Kier alpha value is -1.16. The second kappa shape index (κ2) is 4.91. The van der Waals surface area contributed by atoms with Crippen LogP contribution in [0, 0.1) is 6.92 Å². The quantitative estimate of drug-likeness (QED) is 0.615. The highest BCUT2D eigenvalue weighted by molar-refractivity contribution is 7.99. The van der Waals surface area contributed by atoms with Gasteiger partial charge in [-0.1, -0.05) is 18.0 Å². The highest BCUT2D eigenvalue weighted by atomic mass is 32.2. The van der Waals surface area contributed by atoms with Gasteiger partial charge in [0.25, 0.3) is 0 Å². The van der Waals surface area contributed by atoms with E-state index in [1.54, 1.807) is 12.1 Å². The summed E-state index contributed by atoms with van der Waals surface area (Å²) in [7, 11) is 1.38. The Kier molecular flexibility index (Phi) is 3.83. The number of nitrogens with one attached hydrogen (secondary N) is 1. The van der Waals surface area contributed by atoms with Crippen LogP contribution < -0.4 is 4.72 Å². The van der Waals surface area contributed by atoms with Crippen molar-refractivity contribution in [2.45, 2.75) is 6.92 Å². The molecule has 0 saturated carbocycles. The Balaban J connectivity index is 2.99. The minimum absolute atomic E-state index is 0.311. The fourth-order valence-corrected chi connectivity index (χ4v) is 1.53. The van der Waals surface area contributed by atoms with Crippen LogP contribution in [-0.4, -0.2) is 19.3 Å². The molecule has 0 fully saturated rings. The highest BCUT2D eigenvalue weighted by Gasteiger charge is 2.07. The second-order valence-electron chi connectivity index (χ2n) is 2.83. The predicted molar refractivity (Wildman–Crippen MR) is 59.7 cm³/mol. The molecule has 0 aliphatic rings. The van der Waals surface area contributed by atoms with Crippen LogP contribution in [0.15, 0.2) is 18.2 Å². The maximum Gasteiger partial charge on any atom is 0.337 e. The minimum atomic E-state index is -0.311. The Morgan fingerprint density at radius 1 is 1.50 bits per heavy atom. The molecule has 0 heterocycles. The zero-order chi connectivity index (χ0) is 10.6. The number of aryl methyl sites for hydroxylation is 1. The molecular formula is C10H13NO2S. The molecule has 0 aliphatic heterocycles. The molecule has 4 heteroatoms. The summed E-state index contributed by atoms with van der Waals surface area (Å²) in [5, 5.41) is 0. The van der Waals surface area contributed by atoms with Gasteiger partial charge in [0, 0.05) is 11.9 Å². The van der Waals surface area contributed by atoms with Crippen molar-refractivity contribution in [2.75, 3.05) is 18.1 Å². The summed E-state index contributed by atoms with van der Waals surface area (Å²) < 4.78 is 7.74. The number of hydrogen-bond acceptors (Lipinski definition) is 4. The summed E-state index contributed by atoms with van der Waals surface area (Å²) in [5.41, 5.74) is 2.61. The molecule has 1 N–H and O–H groups in total. The molecule has 0 spiro atoms. The molecule has 0 saturated heterocycles. The molecule has 0 aromatic heterocycles. The van der Waals surface area contributed by atoms with Gasteiger partial charge in [0.1, 0.15) is 0 Å². The van der Waals surface area contributed by atoms with Crippen molar-refractivity contribution in [2.24, 2.45) is 0 Å². The number of carbonyl (C=O) groups excluding carboxylic acids is 1. The van der Waals surface area contributed by atoms with Gasteiger partial charge < -0.3 is 9.46 Å². The molecule has 0 aliphatic carbocycles. The zero-order valence-corrected chi connectivity index (χ0v) is 9.27. The summed E-state index contributed by atoms with van der Waals surface area (Å²) in [4.78, 5) is 11.2. The van der Waals surface area contributed by atoms with Gasteiger partial charge in [-0.05, 0) is 24.6 Å². The van der Waals surface area contributed by atoms with Crippen LogP contribution in [0.25, 0.3) is 0 Å². The lowest BCUT2D eigenvalue weighted by Gasteiger charge is -2.07. The summed E-state index contributed by atoms with van der Waals surface area (Å²) in [6, 6.07) is 5.44. The van der Waals surface area contributed by atoms with Gasteiger partial charge in [0.2, 0.25) is 0 Å². The molecule has 1 rings (SSSR count). The molecular weight excluding hydrogens is 198 g/mol. The molecule has 0 amide bonds. The van der Waals surface area contributed by atoms with E-state index in [9.17, 15) is 4.79 Å². The van der Waals surface area contributed by atoms with E-state index in [1.165, 1.54) is 19.1 Å². The first-order chi connectivity index (χ1) is 6.69. The third-order valence-electron chi connectivity index (χ3n) is 1.87. The van der Waals surface area contributed by atoms with E-state index < -0.39 is 0 Å². The number of hydrogen-bond donors (Lipinski definition) is 1. The minimum Gasteiger partial charge on any atom is -0.465 e. The van der Waals surface area contributed by atoms with E-state index in [0.717, 1.165) is 11.3 Å². The first kappa shape index (κ1) is 10.9. The smallest absolute Gasteiger partial charge is 0.337 e. The Morgan fingerprint density at radius 2 is 2.21 bits per heavy atom. The molecule has 0 radical (unpaired) electrons. The standard InChI is InChI=1S/C10H13NO2S/c1-7-4-5-8(10(12)13-2)6-9(7)11-14-3/h4-6,11H,1-3H3. The van der Waals surface area contributed by atoms with E-state index in [0.29, 0.717) is 5.56 Å². The lowest BCUT2D eigenvalue weighted by Crippen LogP contribution is -2.02. The summed E-state index contributed by atoms with van der Waals surface area (Å²) >= 11 is 1.49. The monoisotopic (exact) mass is 211 g/mol. The van der Waals surface area contributed by atoms with E-state index in [4.69, 9.17) is 0 Å². The first-order valence-corrected chi connectivity index (χ1v) is 5.39. The van der Waals surface area contributed by atoms with Gasteiger partial charge in [0.15, 0.2) is 0 Å². The lowest BCUT2D eigenvalue weighted by molar-refractivity contribution is 0.0601. The molecule has 1 aromatic carbocycles. The number of esters is 1. The highest BCUT2D eigenvalue weighted by Crippen LogP contribution is 2.19. The third-order valence-corrected chi connectivity index (χ3v) is 2.29. The fraction of sp³-hybridized carbons (Fsp3) is 0.300. The Morgan fingerprint density at radius 3 is 2.79 bits per heavy atom. The van der Waals surface area contributed by atoms with E-state index in [-0.39, 0.29) is 5.97 Å². The average molecular weight is 211 g/mol. The van der Waals surface area contributed by atoms with E-state index in [1.807, 2.05) is 19.2 Å². The average Bonchev–Trinajstić information content (AvgIpc) is 2.20. The third kappa shape index (κ3) is 2.42. The van der Waals surface area contributed by atoms with Gasteiger partial charge >= 0.3 is 5.97 Å². The number of benzene rings is 1. The van der Waals surface area contributed by atoms with Gasteiger partial charge in [0.05, 0.1) is 12.7 Å². The summed E-state index contributed by atoms with van der Waals surface area (Å²) in [6.07, 6.45) is 1.93. The molecule has 14 heavy (non-hydrogen) atoms. The summed E-state index contributed by atoms with van der Waals surface area (Å²) in [6.45, 7) is 1.99. The fourth-order valence-electron chi connectivity index (χ4n) is 1.09. The summed E-state index contributed by atoms with van der Waals surface area (Å²) in [5.74, 6) is -0.311. The van der Waals surface area contributed by atoms with Crippen molar-refractivity contribution in [3.05, 3.63) is 29.3 Å². The predicted octanol–water partition coefficient (Wildman–Crippen LogP) is 2.47. The van der Waals surface area contributed by atoms with Crippen LogP contribution in [0.1, 0.15) is 15.9 Å².